The molecule has 1 aromatic carbocycles. The molecule has 3 rings (SSSR count). The van der Waals surface area contributed by atoms with Crippen LogP contribution in [0.3, 0.4) is 0 Å². The summed E-state index contributed by atoms with van der Waals surface area (Å²) >= 11 is 0. The minimum absolute atomic E-state index is 0.0933. The third-order valence-corrected chi connectivity index (χ3v) is 5.69. The molecule has 0 spiro atoms. The normalized spacial score (nSPS) is 16.0. The number of rotatable bonds is 7. The maximum absolute atomic E-state index is 12.7. The molecule has 1 saturated heterocycles. The third kappa shape index (κ3) is 4.21. The third-order valence-electron chi connectivity index (χ3n) is 4.23. The SMILES string of the molecule is O=C1CCC(=O)N1c1ccc(S(=O)(=O)N[C@H](CCO)c2ccccc2)cn1. The van der Waals surface area contributed by atoms with Crippen LogP contribution in [-0.2, 0) is 19.6 Å². The Morgan fingerprint density at radius 1 is 1.07 bits per heavy atom. The zero-order valence-electron chi connectivity index (χ0n) is 14.4. The number of carbonyl (C=O) groups excluding carboxylic acids is 2. The van der Waals surface area contributed by atoms with Crippen molar-refractivity contribution in [2.45, 2.75) is 30.2 Å². The number of aliphatic hydroxyl groups excluding tert-OH is 1. The zero-order valence-corrected chi connectivity index (χ0v) is 15.2. The van der Waals surface area contributed by atoms with E-state index in [0.29, 0.717) is 0 Å². The first kappa shape index (κ1) is 19.2. The molecular formula is C18H19N3O5S. The first-order valence-electron chi connectivity index (χ1n) is 8.42. The van der Waals surface area contributed by atoms with E-state index in [-0.39, 0.29) is 48.4 Å². The molecule has 0 saturated carbocycles. The van der Waals surface area contributed by atoms with Gasteiger partial charge in [-0.1, -0.05) is 30.3 Å². The lowest BCUT2D eigenvalue weighted by molar-refractivity contribution is -0.121. The Morgan fingerprint density at radius 2 is 1.74 bits per heavy atom. The van der Waals surface area contributed by atoms with Crippen molar-refractivity contribution in [3.8, 4) is 0 Å². The van der Waals surface area contributed by atoms with E-state index in [0.717, 1.165) is 16.7 Å². The van der Waals surface area contributed by atoms with E-state index in [1.54, 1.807) is 24.3 Å². The molecule has 0 unspecified atom stereocenters. The van der Waals surface area contributed by atoms with Crippen LogP contribution < -0.4 is 9.62 Å². The summed E-state index contributed by atoms with van der Waals surface area (Å²) in [6.07, 6.45) is 1.58. The Morgan fingerprint density at radius 3 is 2.30 bits per heavy atom. The van der Waals surface area contributed by atoms with E-state index < -0.39 is 16.1 Å². The van der Waals surface area contributed by atoms with Crippen LogP contribution in [0, 0.1) is 0 Å². The van der Waals surface area contributed by atoms with Gasteiger partial charge in [0.05, 0.1) is 0 Å². The van der Waals surface area contributed by atoms with Crippen LogP contribution >= 0.6 is 0 Å². The van der Waals surface area contributed by atoms with Gasteiger partial charge in [0.15, 0.2) is 0 Å². The van der Waals surface area contributed by atoms with Gasteiger partial charge in [-0.3, -0.25) is 9.59 Å². The standard InChI is InChI=1S/C18H19N3O5S/c22-11-10-15(13-4-2-1-3-5-13)20-27(25,26)14-6-7-16(19-12-14)21-17(23)8-9-18(21)24/h1-7,12,15,20,22H,8-11H2/t15-/m1/s1. The number of nitrogens with one attached hydrogen (secondary N) is 1. The van der Waals surface area contributed by atoms with Crippen molar-refractivity contribution < 1.29 is 23.1 Å². The Labute approximate surface area is 156 Å². The molecule has 1 aromatic heterocycles. The van der Waals surface area contributed by atoms with Gasteiger partial charge in [0.1, 0.15) is 10.7 Å². The number of amides is 2. The fraction of sp³-hybridized carbons (Fsp3) is 0.278. The largest absolute Gasteiger partial charge is 0.396 e. The Balaban J connectivity index is 1.82. The quantitative estimate of drug-likeness (QED) is 0.686. The van der Waals surface area contributed by atoms with E-state index in [1.807, 2.05) is 6.07 Å². The molecule has 1 aliphatic rings. The van der Waals surface area contributed by atoms with E-state index >= 15 is 0 Å². The minimum atomic E-state index is -3.91. The van der Waals surface area contributed by atoms with Crippen molar-refractivity contribution in [2.75, 3.05) is 11.5 Å². The topological polar surface area (TPSA) is 117 Å². The number of anilines is 1. The van der Waals surface area contributed by atoms with Crippen molar-refractivity contribution >= 4 is 27.7 Å². The van der Waals surface area contributed by atoms with Gasteiger partial charge in [0, 0.05) is 31.7 Å². The second kappa shape index (κ2) is 7.95. The molecule has 0 radical (unpaired) electrons. The van der Waals surface area contributed by atoms with Gasteiger partial charge in [0.25, 0.3) is 0 Å². The number of nitrogens with zero attached hydrogens (tertiary/aromatic N) is 2. The molecule has 2 aromatic rings. The number of hydrogen-bond donors (Lipinski definition) is 2. The van der Waals surface area contributed by atoms with Crippen LogP contribution in [0.1, 0.15) is 30.9 Å². The summed E-state index contributed by atoms with van der Waals surface area (Å²) in [5.74, 6) is -0.599. The van der Waals surface area contributed by atoms with Gasteiger partial charge in [-0.25, -0.2) is 23.0 Å². The summed E-state index contributed by atoms with van der Waals surface area (Å²) in [7, 11) is -3.91. The summed E-state index contributed by atoms with van der Waals surface area (Å²) < 4.78 is 27.9. The summed E-state index contributed by atoms with van der Waals surface area (Å²) in [4.78, 5) is 28.3. The highest BCUT2D eigenvalue weighted by Crippen LogP contribution is 2.23. The number of imide groups is 1. The summed E-state index contributed by atoms with van der Waals surface area (Å²) in [5.41, 5.74) is 0.730. The van der Waals surface area contributed by atoms with Crippen LogP contribution in [0.5, 0.6) is 0 Å². The zero-order chi connectivity index (χ0) is 19.4. The number of hydrogen-bond acceptors (Lipinski definition) is 6. The average Bonchev–Trinajstić information content (AvgIpc) is 3.00. The number of sulfonamides is 1. The highest BCUT2D eigenvalue weighted by Gasteiger charge is 2.31. The summed E-state index contributed by atoms with van der Waals surface area (Å²) in [5, 5.41) is 9.26. The number of aliphatic hydroxyl groups is 1. The molecule has 27 heavy (non-hydrogen) atoms. The molecule has 2 heterocycles. The van der Waals surface area contributed by atoms with Gasteiger partial charge in [-0.2, -0.15) is 0 Å². The molecule has 8 nitrogen and oxygen atoms in total. The molecule has 1 aliphatic heterocycles. The van der Waals surface area contributed by atoms with Gasteiger partial charge < -0.3 is 5.11 Å². The number of benzene rings is 1. The van der Waals surface area contributed by atoms with Crippen LogP contribution in [0.2, 0.25) is 0 Å². The highest BCUT2D eigenvalue weighted by atomic mass is 32.2. The lowest BCUT2D eigenvalue weighted by Crippen LogP contribution is -2.31. The van der Waals surface area contributed by atoms with Crippen molar-refractivity contribution in [1.29, 1.82) is 0 Å². The molecule has 1 fully saturated rings. The van der Waals surface area contributed by atoms with Crippen molar-refractivity contribution in [3.63, 3.8) is 0 Å². The second-order valence-corrected chi connectivity index (χ2v) is 7.79. The van der Waals surface area contributed by atoms with Crippen LogP contribution in [0.25, 0.3) is 0 Å². The van der Waals surface area contributed by atoms with Crippen LogP contribution in [-0.4, -0.2) is 36.9 Å². The lowest BCUT2D eigenvalue weighted by atomic mass is 10.1. The Hall–Kier alpha value is -2.62. The van der Waals surface area contributed by atoms with E-state index in [9.17, 15) is 23.1 Å². The van der Waals surface area contributed by atoms with Crippen molar-refractivity contribution in [1.82, 2.24) is 9.71 Å². The predicted octanol–water partition coefficient (Wildman–Crippen LogP) is 1.14. The highest BCUT2D eigenvalue weighted by molar-refractivity contribution is 7.89. The number of carbonyl (C=O) groups is 2. The number of aromatic nitrogens is 1. The minimum Gasteiger partial charge on any atom is -0.396 e. The summed E-state index contributed by atoms with van der Waals surface area (Å²) in [6, 6.07) is 11.0. The van der Waals surface area contributed by atoms with Gasteiger partial charge in [-0.05, 0) is 24.1 Å². The predicted molar refractivity (Wildman–Crippen MR) is 97.2 cm³/mol. The number of pyridine rings is 1. The van der Waals surface area contributed by atoms with Crippen molar-refractivity contribution in [3.05, 3.63) is 54.2 Å². The fourth-order valence-corrected chi connectivity index (χ4v) is 4.06. The molecular weight excluding hydrogens is 370 g/mol. The van der Waals surface area contributed by atoms with Gasteiger partial charge in [-0.15, -0.1) is 0 Å². The lowest BCUT2D eigenvalue weighted by Gasteiger charge is -2.19. The smallest absolute Gasteiger partial charge is 0.242 e. The van der Waals surface area contributed by atoms with Crippen molar-refractivity contribution in [2.24, 2.45) is 0 Å². The first-order valence-corrected chi connectivity index (χ1v) is 9.90. The summed E-state index contributed by atoms with van der Waals surface area (Å²) in [6.45, 7) is -0.182. The second-order valence-electron chi connectivity index (χ2n) is 6.07. The molecule has 2 N–H and O–H groups in total. The molecule has 0 bridgehead atoms. The average molecular weight is 389 g/mol. The molecule has 0 aliphatic carbocycles. The van der Waals surface area contributed by atoms with Gasteiger partial charge >= 0.3 is 0 Å². The van der Waals surface area contributed by atoms with Gasteiger partial charge in [0.2, 0.25) is 21.8 Å². The monoisotopic (exact) mass is 389 g/mol. The molecule has 2 amide bonds. The van der Waals surface area contributed by atoms with Crippen LogP contribution in [0.15, 0.2) is 53.6 Å². The van der Waals surface area contributed by atoms with Crippen LogP contribution in [0.4, 0.5) is 5.82 Å². The Kier molecular flexibility index (Phi) is 5.64. The first-order chi connectivity index (χ1) is 12.9. The maximum Gasteiger partial charge on any atom is 0.242 e. The van der Waals surface area contributed by atoms with E-state index in [2.05, 4.69) is 9.71 Å². The molecule has 142 valence electrons. The molecule has 1 atom stereocenters. The fourth-order valence-electron chi connectivity index (χ4n) is 2.86. The Bertz CT molecular complexity index is 913. The maximum atomic E-state index is 12.7. The molecule has 9 heteroatoms. The van der Waals surface area contributed by atoms with E-state index in [1.165, 1.54) is 12.1 Å². The van der Waals surface area contributed by atoms with E-state index in [4.69, 9.17) is 0 Å².